The second-order valence-electron chi connectivity index (χ2n) is 4.94. The lowest BCUT2D eigenvalue weighted by atomic mass is 9.84. The number of halogens is 1. The lowest BCUT2D eigenvalue weighted by Crippen LogP contribution is -2.43. The van der Waals surface area contributed by atoms with Gasteiger partial charge in [-0.25, -0.2) is 4.39 Å². The molecule has 1 amide bonds. The minimum Gasteiger partial charge on any atom is -0.481 e. The molecule has 1 N–H and O–H groups in total. The molecule has 19 heavy (non-hydrogen) atoms. The van der Waals surface area contributed by atoms with E-state index >= 15 is 0 Å². The molecule has 1 saturated heterocycles. The third-order valence-electron chi connectivity index (χ3n) is 3.70. The lowest BCUT2D eigenvalue weighted by molar-refractivity contribution is -0.150. The molecule has 4 nitrogen and oxygen atoms in total. The number of carboxylic acid groups (broad SMARTS) is 1. The number of carbonyl (C=O) groups excluding carboxylic acids is 1. The maximum Gasteiger partial charge on any atom is 0.308 e. The fourth-order valence-corrected chi connectivity index (χ4v) is 2.60. The molecule has 1 aliphatic rings. The molecule has 1 heterocycles. The molecular weight excluding hydrogens is 249 g/mol. The number of aryl methyl sites for hydroxylation is 1. The van der Waals surface area contributed by atoms with Crippen molar-refractivity contribution in [1.82, 2.24) is 4.90 Å². The van der Waals surface area contributed by atoms with Crippen LogP contribution in [0.1, 0.15) is 30.0 Å². The average Bonchev–Trinajstić information content (AvgIpc) is 2.35. The second-order valence-corrected chi connectivity index (χ2v) is 4.94. The van der Waals surface area contributed by atoms with Crippen LogP contribution in [0.4, 0.5) is 4.39 Å². The quantitative estimate of drug-likeness (QED) is 0.891. The van der Waals surface area contributed by atoms with Crippen molar-refractivity contribution < 1.29 is 19.1 Å². The summed E-state index contributed by atoms with van der Waals surface area (Å²) in [6.45, 7) is 1.62. The molecular formula is C14H16FNO3. The van der Waals surface area contributed by atoms with E-state index in [4.69, 9.17) is 0 Å². The highest BCUT2D eigenvalue weighted by Crippen LogP contribution is 2.36. The van der Waals surface area contributed by atoms with Gasteiger partial charge in [0, 0.05) is 13.5 Å². The third kappa shape index (κ3) is 2.45. The zero-order valence-electron chi connectivity index (χ0n) is 10.9. The molecule has 0 radical (unpaired) electrons. The number of piperidine rings is 1. The van der Waals surface area contributed by atoms with Crippen LogP contribution in [0.3, 0.4) is 0 Å². The number of carboxylic acids is 1. The van der Waals surface area contributed by atoms with Crippen molar-refractivity contribution in [1.29, 1.82) is 0 Å². The molecule has 2 unspecified atom stereocenters. The van der Waals surface area contributed by atoms with Crippen LogP contribution in [0, 0.1) is 18.7 Å². The predicted octanol–water partition coefficient (Wildman–Crippen LogP) is 2.13. The Kier molecular flexibility index (Phi) is 3.55. The molecule has 5 heteroatoms. The van der Waals surface area contributed by atoms with Crippen LogP contribution in [-0.4, -0.2) is 28.9 Å². The molecule has 1 aliphatic heterocycles. The van der Waals surface area contributed by atoms with E-state index in [-0.39, 0.29) is 18.1 Å². The maximum atomic E-state index is 13.3. The van der Waals surface area contributed by atoms with E-state index < -0.39 is 17.9 Å². The minimum atomic E-state index is -0.925. The van der Waals surface area contributed by atoms with Crippen molar-refractivity contribution in [3.05, 3.63) is 35.1 Å². The highest BCUT2D eigenvalue weighted by Gasteiger charge is 2.38. The van der Waals surface area contributed by atoms with Crippen LogP contribution >= 0.6 is 0 Å². The van der Waals surface area contributed by atoms with Gasteiger partial charge in [-0.15, -0.1) is 0 Å². The summed E-state index contributed by atoms with van der Waals surface area (Å²) in [6, 6.07) is 3.96. The van der Waals surface area contributed by atoms with Gasteiger partial charge in [-0.05, 0) is 30.5 Å². The molecule has 0 bridgehead atoms. The smallest absolute Gasteiger partial charge is 0.308 e. The Morgan fingerprint density at radius 2 is 2.16 bits per heavy atom. The van der Waals surface area contributed by atoms with Gasteiger partial charge in [0.15, 0.2) is 0 Å². The SMILES string of the molecule is Cc1cc(C2C(C(=O)O)CCC(=O)N2C)ccc1F. The summed E-state index contributed by atoms with van der Waals surface area (Å²) in [5.41, 5.74) is 1.12. The van der Waals surface area contributed by atoms with Crippen molar-refractivity contribution in [3.63, 3.8) is 0 Å². The van der Waals surface area contributed by atoms with E-state index in [1.54, 1.807) is 26.1 Å². The molecule has 0 aliphatic carbocycles. The Labute approximate surface area is 110 Å². The van der Waals surface area contributed by atoms with Crippen LogP contribution in [0.2, 0.25) is 0 Å². The first kappa shape index (κ1) is 13.5. The largest absolute Gasteiger partial charge is 0.481 e. The van der Waals surface area contributed by atoms with Gasteiger partial charge in [-0.1, -0.05) is 12.1 Å². The second kappa shape index (κ2) is 4.99. The Hall–Kier alpha value is -1.91. The number of aliphatic carboxylic acids is 1. The predicted molar refractivity (Wildman–Crippen MR) is 67.0 cm³/mol. The normalized spacial score (nSPS) is 23.5. The molecule has 1 aromatic carbocycles. The Bertz CT molecular complexity index is 529. The summed E-state index contributed by atoms with van der Waals surface area (Å²) < 4.78 is 13.3. The number of hydrogen-bond donors (Lipinski definition) is 1. The van der Waals surface area contributed by atoms with Crippen molar-refractivity contribution in [2.45, 2.75) is 25.8 Å². The highest BCUT2D eigenvalue weighted by atomic mass is 19.1. The molecule has 102 valence electrons. The summed E-state index contributed by atoms with van der Waals surface area (Å²) >= 11 is 0. The van der Waals surface area contributed by atoms with Gasteiger partial charge in [0.1, 0.15) is 5.82 Å². The first-order valence-corrected chi connectivity index (χ1v) is 6.16. The first-order chi connectivity index (χ1) is 8.91. The Morgan fingerprint density at radius 1 is 1.47 bits per heavy atom. The summed E-state index contributed by atoms with van der Waals surface area (Å²) in [6.07, 6.45) is 0.559. The van der Waals surface area contributed by atoms with Crippen LogP contribution in [0.15, 0.2) is 18.2 Å². The van der Waals surface area contributed by atoms with E-state index in [0.29, 0.717) is 17.5 Å². The molecule has 1 aromatic rings. The van der Waals surface area contributed by atoms with Crippen LogP contribution in [0.5, 0.6) is 0 Å². The molecule has 2 rings (SSSR count). The average molecular weight is 265 g/mol. The number of likely N-dealkylation sites (tertiary alicyclic amines) is 1. The fraction of sp³-hybridized carbons (Fsp3) is 0.429. The van der Waals surface area contributed by atoms with Gasteiger partial charge in [-0.2, -0.15) is 0 Å². The topological polar surface area (TPSA) is 57.6 Å². The van der Waals surface area contributed by atoms with Crippen molar-refractivity contribution >= 4 is 11.9 Å². The van der Waals surface area contributed by atoms with E-state index in [9.17, 15) is 19.1 Å². The fourth-order valence-electron chi connectivity index (χ4n) is 2.60. The summed E-state index contributed by atoms with van der Waals surface area (Å²) in [7, 11) is 1.60. The van der Waals surface area contributed by atoms with Crippen LogP contribution < -0.4 is 0 Å². The van der Waals surface area contributed by atoms with Crippen LogP contribution in [0.25, 0.3) is 0 Å². The van der Waals surface area contributed by atoms with Crippen molar-refractivity contribution in [2.75, 3.05) is 7.05 Å². The van der Waals surface area contributed by atoms with Gasteiger partial charge < -0.3 is 10.0 Å². The number of carbonyl (C=O) groups is 2. The third-order valence-corrected chi connectivity index (χ3v) is 3.70. The summed E-state index contributed by atoms with van der Waals surface area (Å²) in [5.74, 6) is -1.98. The van der Waals surface area contributed by atoms with Gasteiger partial charge >= 0.3 is 5.97 Å². The monoisotopic (exact) mass is 265 g/mol. The molecule has 0 spiro atoms. The minimum absolute atomic E-state index is 0.0792. The van der Waals surface area contributed by atoms with E-state index in [0.717, 1.165) is 0 Å². The maximum absolute atomic E-state index is 13.3. The Balaban J connectivity index is 2.43. The molecule has 2 atom stereocenters. The van der Waals surface area contributed by atoms with Gasteiger partial charge in [0.25, 0.3) is 0 Å². The molecule has 0 saturated carbocycles. The lowest BCUT2D eigenvalue weighted by Gasteiger charge is -2.37. The standard InChI is InChI=1S/C14H16FNO3/c1-8-7-9(3-5-11(8)15)13-10(14(18)19)4-6-12(17)16(13)2/h3,5,7,10,13H,4,6H2,1-2H3,(H,18,19). The Morgan fingerprint density at radius 3 is 2.74 bits per heavy atom. The summed E-state index contributed by atoms with van der Waals surface area (Å²) in [5, 5.41) is 9.29. The van der Waals surface area contributed by atoms with Gasteiger partial charge in [0.2, 0.25) is 5.91 Å². The number of amides is 1. The number of rotatable bonds is 2. The van der Waals surface area contributed by atoms with E-state index in [1.165, 1.54) is 11.0 Å². The van der Waals surface area contributed by atoms with Gasteiger partial charge in [-0.3, -0.25) is 9.59 Å². The highest BCUT2D eigenvalue weighted by molar-refractivity contribution is 5.81. The summed E-state index contributed by atoms with van der Waals surface area (Å²) in [4.78, 5) is 24.5. The zero-order chi connectivity index (χ0) is 14.2. The number of hydrogen-bond acceptors (Lipinski definition) is 2. The first-order valence-electron chi connectivity index (χ1n) is 6.16. The number of benzene rings is 1. The molecule has 1 fully saturated rings. The van der Waals surface area contributed by atoms with E-state index in [2.05, 4.69) is 0 Å². The van der Waals surface area contributed by atoms with Crippen LogP contribution in [-0.2, 0) is 9.59 Å². The number of nitrogens with zero attached hydrogens (tertiary/aromatic N) is 1. The zero-order valence-corrected chi connectivity index (χ0v) is 10.9. The van der Waals surface area contributed by atoms with Crippen molar-refractivity contribution in [3.8, 4) is 0 Å². The molecule has 0 aromatic heterocycles. The van der Waals surface area contributed by atoms with Crippen molar-refractivity contribution in [2.24, 2.45) is 5.92 Å². The van der Waals surface area contributed by atoms with E-state index in [1.807, 2.05) is 0 Å². The van der Waals surface area contributed by atoms with Gasteiger partial charge in [0.05, 0.1) is 12.0 Å².